The summed E-state index contributed by atoms with van der Waals surface area (Å²) in [6.07, 6.45) is -9.25. The Morgan fingerprint density at radius 2 is 0.833 bits per heavy atom. The summed E-state index contributed by atoms with van der Waals surface area (Å²) in [6, 6.07) is 41.6. The number of rotatable bonds is 3. The first-order valence-electron chi connectivity index (χ1n) is 15.3. The Hall–Kier alpha value is -5.62. The van der Waals surface area contributed by atoms with E-state index in [4.69, 9.17) is 0 Å². The quantitative estimate of drug-likeness (QED) is 0.133. The van der Waals surface area contributed by atoms with E-state index in [0.717, 1.165) is 56.9 Å². The number of halogens is 6. The van der Waals surface area contributed by atoms with Gasteiger partial charge in [0.25, 0.3) is 0 Å². The van der Waals surface area contributed by atoms with Crippen molar-refractivity contribution in [3.8, 4) is 33.4 Å². The first kappa shape index (κ1) is 29.8. The highest BCUT2D eigenvalue weighted by atomic mass is 19.4. The first-order chi connectivity index (χ1) is 23.1. The minimum absolute atomic E-state index is 0.304. The first-order valence-corrected chi connectivity index (χ1v) is 15.3. The summed E-state index contributed by atoms with van der Waals surface area (Å²) in [6.45, 7) is 0. The second-order valence-electron chi connectivity index (χ2n) is 11.9. The summed E-state index contributed by atoms with van der Waals surface area (Å²) in [5.41, 5.74) is 2.33. The number of fused-ring (bicyclic) bond motifs is 4. The van der Waals surface area contributed by atoms with Crippen molar-refractivity contribution in [2.45, 2.75) is 12.4 Å². The molecule has 0 radical (unpaired) electrons. The largest absolute Gasteiger partial charge is 0.416 e. The Kier molecular flexibility index (Phi) is 6.81. The molecular weight excluding hydrogens is 618 g/mol. The predicted octanol–water partition coefficient (Wildman–Crippen LogP) is 13.3. The molecule has 0 fully saturated rings. The van der Waals surface area contributed by atoms with Gasteiger partial charge in [-0.15, -0.1) is 0 Å². The molecule has 0 spiro atoms. The maximum absolute atomic E-state index is 14.2. The van der Waals surface area contributed by atoms with E-state index in [1.165, 1.54) is 12.1 Å². The second-order valence-corrected chi connectivity index (χ2v) is 11.9. The van der Waals surface area contributed by atoms with E-state index in [-0.39, 0.29) is 0 Å². The maximum Gasteiger partial charge on any atom is 0.416 e. The van der Waals surface area contributed by atoms with Crippen molar-refractivity contribution in [2.75, 3.05) is 0 Å². The van der Waals surface area contributed by atoms with Gasteiger partial charge < -0.3 is 0 Å². The molecule has 8 rings (SSSR count). The Labute approximate surface area is 271 Å². The molecule has 0 saturated heterocycles. The molecule has 0 nitrogen and oxygen atoms in total. The van der Waals surface area contributed by atoms with Gasteiger partial charge in [-0.1, -0.05) is 115 Å². The fourth-order valence-corrected chi connectivity index (χ4v) is 6.82. The molecule has 0 atom stereocenters. The van der Waals surface area contributed by atoms with Crippen LogP contribution in [0, 0.1) is 0 Å². The van der Waals surface area contributed by atoms with E-state index in [0.29, 0.717) is 43.8 Å². The van der Waals surface area contributed by atoms with Gasteiger partial charge in [-0.25, -0.2) is 0 Å². The van der Waals surface area contributed by atoms with Gasteiger partial charge in [0.1, 0.15) is 0 Å². The van der Waals surface area contributed by atoms with Crippen molar-refractivity contribution in [1.82, 2.24) is 0 Å². The van der Waals surface area contributed by atoms with Gasteiger partial charge in [0.15, 0.2) is 0 Å². The van der Waals surface area contributed by atoms with Gasteiger partial charge >= 0.3 is 12.4 Å². The van der Waals surface area contributed by atoms with Crippen LogP contribution in [0.2, 0.25) is 0 Å². The van der Waals surface area contributed by atoms with Crippen LogP contribution in [-0.2, 0) is 12.4 Å². The fraction of sp³-hybridized carbons (Fsp3) is 0.0476. The lowest BCUT2D eigenvalue weighted by atomic mass is 9.83. The third kappa shape index (κ3) is 5.05. The van der Waals surface area contributed by atoms with Gasteiger partial charge in [-0.05, 0) is 107 Å². The van der Waals surface area contributed by atoms with Crippen molar-refractivity contribution in [3.05, 3.63) is 157 Å². The van der Waals surface area contributed by atoms with Gasteiger partial charge in [-0.2, -0.15) is 26.3 Å². The number of benzene rings is 8. The molecule has 0 aliphatic heterocycles. The van der Waals surface area contributed by atoms with Gasteiger partial charge in [-0.3, -0.25) is 0 Å². The summed E-state index contributed by atoms with van der Waals surface area (Å²) in [5.74, 6) is 0. The lowest BCUT2D eigenvalue weighted by Crippen LogP contribution is -2.06. The van der Waals surface area contributed by atoms with E-state index < -0.39 is 23.5 Å². The average molecular weight is 643 g/mol. The van der Waals surface area contributed by atoms with Crippen LogP contribution >= 0.6 is 0 Å². The van der Waals surface area contributed by atoms with Crippen LogP contribution in [0.1, 0.15) is 11.1 Å². The molecule has 0 aliphatic carbocycles. The molecule has 234 valence electrons. The lowest BCUT2D eigenvalue weighted by Gasteiger charge is -2.21. The third-order valence-electron chi connectivity index (χ3n) is 9.09. The topological polar surface area (TPSA) is 0 Å². The van der Waals surface area contributed by atoms with Crippen LogP contribution < -0.4 is 0 Å². The highest BCUT2D eigenvalue weighted by Gasteiger charge is 2.33. The van der Waals surface area contributed by atoms with Crippen molar-refractivity contribution >= 4 is 43.1 Å². The third-order valence-corrected chi connectivity index (χ3v) is 9.09. The number of hydrogen-bond acceptors (Lipinski definition) is 0. The number of alkyl halides is 6. The minimum Gasteiger partial charge on any atom is -0.166 e. The zero-order chi connectivity index (χ0) is 33.2. The monoisotopic (exact) mass is 642 g/mol. The van der Waals surface area contributed by atoms with Crippen molar-refractivity contribution in [1.29, 1.82) is 0 Å². The molecule has 0 aromatic heterocycles. The maximum atomic E-state index is 14.2. The SMILES string of the molecule is FC(F)(F)c1ccc2c(-c3cccc4ccccc34)c3cc(C(F)(F)F)ccc3c(-c3ccc(-c4ccc5ccccc5c4)cc3)c2c1. The summed E-state index contributed by atoms with van der Waals surface area (Å²) >= 11 is 0. The Morgan fingerprint density at radius 3 is 1.50 bits per heavy atom. The van der Waals surface area contributed by atoms with Crippen molar-refractivity contribution in [2.24, 2.45) is 0 Å². The zero-order valence-electron chi connectivity index (χ0n) is 25.1. The smallest absolute Gasteiger partial charge is 0.166 e. The highest BCUT2D eigenvalue weighted by molar-refractivity contribution is 6.23. The molecule has 0 unspecified atom stereocenters. The summed E-state index contributed by atoms with van der Waals surface area (Å²) in [7, 11) is 0. The van der Waals surface area contributed by atoms with E-state index in [9.17, 15) is 26.3 Å². The van der Waals surface area contributed by atoms with Crippen molar-refractivity contribution < 1.29 is 26.3 Å². The van der Waals surface area contributed by atoms with Gasteiger partial charge in [0, 0.05) is 0 Å². The highest BCUT2D eigenvalue weighted by Crippen LogP contribution is 2.48. The summed E-state index contributed by atoms with van der Waals surface area (Å²) in [5, 5.41) is 5.29. The molecule has 6 heteroatoms. The molecule has 0 bridgehead atoms. The fourth-order valence-electron chi connectivity index (χ4n) is 6.82. The van der Waals surface area contributed by atoms with Crippen LogP contribution in [0.4, 0.5) is 26.3 Å². The number of hydrogen-bond donors (Lipinski definition) is 0. The standard InChI is InChI=1S/C42H24F6/c43-41(44,45)31-19-21-36-37(23-31)39(28-15-12-26(13-16-28)30-17-14-25-6-1-2-8-29(25)22-30)35-20-18-32(42(46,47)48)24-38(35)40(36)34-11-5-9-27-7-3-4-10-33(27)34/h1-24H. The predicted molar refractivity (Wildman–Crippen MR) is 183 cm³/mol. The molecule has 0 saturated carbocycles. The minimum atomic E-state index is -4.62. The molecule has 0 aliphatic rings. The molecule has 8 aromatic carbocycles. The van der Waals surface area contributed by atoms with Crippen LogP contribution in [0.15, 0.2) is 146 Å². The second kappa shape index (κ2) is 11.0. The van der Waals surface area contributed by atoms with E-state index in [1.807, 2.05) is 103 Å². The Morgan fingerprint density at radius 1 is 0.312 bits per heavy atom. The molecule has 0 amide bonds. The zero-order valence-corrected chi connectivity index (χ0v) is 25.1. The molecule has 8 aromatic rings. The van der Waals surface area contributed by atoms with Gasteiger partial charge in [0.05, 0.1) is 11.1 Å². The molecular formula is C42H24F6. The van der Waals surface area contributed by atoms with E-state index in [1.54, 1.807) is 0 Å². The van der Waals surface area contributed by atoms with E-state index >= 15 is 0 Å². The molecule has 0 heterocycles. The van der Waals surface area contributed by atoms with Crippen LogP contribution in [0.25, 0.3) is 76.5 Å². The van der Waals surface area contributed by atoms with E-state index in [2.05, 4.69) is 6.07 Å². The lowest BCUT2D eigenvalue weighted by molar-refractivity contribution is -0.138. The molecule has 48 heavy (non-hydrogen) atoms. The normalized spacial score (nSPS) is 12.4. The van der Waals surface area contributed by atoms with Crippen LogP contribution in [-0.4, -0.2) is 0 Å². The summed E-state index contributed by atoms with van der Waals surface area (Å²) in [4.78, 5) is 0. The molecule has 0 N–H and O–H groups in total. The Bertz CT molecular complexity index is 2520. The van der Waals surface area contributed by atoms with Gasteiger partial charge in [0.2, 0.25) is 0 Å². The van der Waals surface area contributed by atoms with Crippen LogP contribution in [0.3, 0.4) is 0 Å². The average Bonchev–Trinajstić information content (AvgIpc) is 3.09. The van der Waals surface area contributed by atoms with Crippen LogP contribution in [0.5, 0.6) is 0 Å². The Balaban J connectivity index is 1.45. The summed E-state index contributed by atoms with van der Waals surface area (Å²) < 4.78 is 85.2. The van der Waals surface area contributed by atoms with Crippen molar-refractivity contribution in [3.63, 3.8) is 0 Å².